The Bertz CT molecular complexity index is 176. The molecule has 0 spiro atoms. The number of nitrogens with zero attached hydrogens (tertiary/aromatic N) is 2. The first kappa shape index (κ1) is 13.6. The van der Waals surface area contributed by atoms with Crippen molar-refractivity contribution in [2.75, 3.05) is 32.1 Å². The molecular formula is C8H19ClN3O2P. The average molecular weight is 256 g/mol. The van der Waals surface area contributed by atoms with E-state index in [9.17, 15) is 5.21 Å². The van der Waals surface area contributed by atoms with Crippen molar-refractivity contribution >= 4 is 20.1 Å². The highest BCUT2D eigenvalue weighted by atomic mass is 35.5. The number of hydrazine groups is 1. The molecule has 0 bridgehead atoms. The Morgan fingerprint density at radius 1 is 1.67 bits per heavy atom. The van der Waals surface area contributed by atoms with E-state index in [1.54, 1.807) is 0 Å². The topological polar surface area (TPSA) is 48.0 Å². The summed E-state index contributed by atoms with van der Waals surface area (Å²) in [6.45, 7) is 5.31. The molecule has 1 aliphatic rings. The fourth-order valence-electron chi connectivity index (χ4n) is 1.39. The second-order valence-electron chi connectivity index (χ2n) is 3.28. The van der Waals surface area contributed by atoms with Crippen LogP contribution in [0.2, 0.25) is 0 Å². The third-order valence-electron chi connectivity index (χ3n) is 2.00. The molecule has 0 saturated carbocycles. The monoisotopic (exact) mass is 255 g/mol. The number of hydrogen-bond acceptors (Lipinski definition) is 5. The summed E-state index contributed by atoms with van der Waals surface area (Å²) in [5.41, 5.74) is 2.81. The molecule has 0 amide bonds. The minimum Gasteiger partial charge on any atom is -0.329 e. The summed E-state index contributed by atoms with van der Waals surface area (Å²) >= 11 is 5.53. The molecule has 0 aliphatic carbocycles. The third-order valence-corrected chi connectivity index (χ3v) is 3.95. The second-order valence-corrected chi connectivity index (χ2v) is 5.37. The lowest BCUT2D eigenvalue weighted by Gasteiger charge is -2.37. The van der Waals surface area contributed by atoms with Gasteiger partial charge in [0.15, 0.2) is 0 Å². The zero-order valence-electron chi connectivity index (χ0n) is 9.02. The highest BCUT2D eigenvalue weighted by molar-refractivity contribution is 7.47. The minimum absolute atomic E-state index is 0.466. The van der Waals surface area contributed by atoms with Crippen molar-refractivity contribution < 1.29 is 9.73 Å². The molecule has 1 fully saturated rings. The van der Waals surface area contributed by atoms with E-state index in [1.165, 1.54) is 0 Å². The van der Waals surface area contributed by atoms with E-state index >= 15 is 0 Å². The Balaban J connectivity index is 2.39. The number of rotatable bonds is 6. The minimum atomic E-state index is -1.06. The van der Waals surface area contributed by atoms with Crippen LogP contribution in [0.15, 0.2) is 0 Å². The normalized spacial score (nSPS) is 23.6. The second kappa shape index (κ2) is 7.74. The first-order chi connectivity index (χ1) is 7.29. The standard InChI is InChI=1S/C8H19ClN3O2P/c1-2-6-11-7-3-8-14-15(11)12(13)10-5-4-9/h10,13H,2-8H2,1H3. The Hall–Kier alpha value is 0.520. The molecule has 1 heterocycles. The van der Waals surface area contributed by atoms with Gasteiger partial charge in [0.2, 0.25) is 8.45 Å². The van der Waals surface area contributed by atoms with Crippen LogP contribution in [-0.2, 0) is 4.52 Å². The largest absolute Gasteiger partial charge is 0.329 e. The van der Waals surface area contributed by atoms with Gasteiger partial charge in [-0.15, -0.1) is 11.6 Å². The molecule has 1 rings (SSSR count). The van der Waals surface area contributed by atoms with Crippen LogP contribution in [0.1, 0.15) is 19.8 Å². The van der Waals surface area contributed by atoms with Crippen LogP contribution < -0.4 is 5.43 Å². The molecule has 0 aromatic heterocycles. The molecule has 1 unspecified atom stereocenters. The van der Waals surface area contributed by atoms with Crippen molar-refractivity contribution in [2.24, 2.45) is 0 Å². The lowest BCUT2D eigenvalue weighted by Crippen LogP contribution is -2.40. The zero-order chi connectivity index (χ0) is 11.1. The van der Waals surface area contributed by atoms with Gasteiger partial charge in [-0.3, -0.25) is 5.21 Å². The molecule has 7 heteroatoms. The van der Waals surface area contributed by atoms with Crippen molar-refractivity contribution in [3.05, 3.63) is 0 Å². The fourth-order valence-corrected chi connectivity index (χ4v) is 3.19. The molecular weight excluding hydrogens is 237 g/mol. The lowest BCUT2D eigenvalue weighted by molar-refractivity contribution is -0.0615. The highest BCUT2D eigenvalue weighted by Gasteiger charge is 2.28. The van der Waals surface area contributed by atoms with E-state index in [-0.39, 0.29) is 0 Å². The van der Waals surface area contributed by atoms with Crippen LogP contribution in [0.4, 0.5) is 0 Å². The van der Waals surface area contributed by atoms with Gasteiger partial charge in [0.25, 0.3) is 0 Å². The van der Waals surface area contributed by atoms with Gasteiger partial charge >= 0.3 is 0 Å². The number of halogens is 1. The Kier molecular flexibility index (Phi) is 7.01. The molecule has 2 N–H and O–H groups in total. The number of hydrogen-bond donors (Lipinski definition) is 2. The van der Waals surface area contributed by atoms with E-state index in [0.29, 0.717) is 19.0 Å². The smallest absolute Gasteiger partial charge is 0.228 e. The maximum absolute atomic E-state index is 9.73. The molecule has 0 aromatic carbocycles. The van der Waals surface area contributed by atoms with E-state index in [2.05, 4.69) is 17.0 Å². The molecule has 90 valence electrons. The van der Waals surface area contributed by atoms with Gasteiger partial charge in [-0.05, 0) is 12.8 Å². The maximum atomic E-state index is 9.73. The van der Waals surface area contributed by atoms with E-state index < -0.39 is 8.45 Å². The molecule has 1 saturated heterocycles. The number of nitrogens with one attached hydrogen (secondary N) is 1. The van der Waals surface area contributed by atoms with Gasteiger partial charge < -0.3 is 4.52 Å². The summed E-state index contributed by atoms with van der Waals surface area (Å²) in [5.74, 6) is 0.466. The molecule has 0 radical (unpaired) electrons. The van der Waals surface area contributed by atoms with Crippen molar-refractivity contribution in [1.29, 1.82) is 0 Å². The molecule has 1 atom stereocenters. The first-order valence-corrected chi connectivity index (χ1v) is 6.95. The van der Waals surface area contributed by atoms with Gasteiger partial charge in [-0.2, -0.15) is 0 Å². The lowest BCUT2D eigenvalue weighted by atomic mass is 10.4. The van der Waals surface area contributed by atoms with Crippen molar-refractivity contribution in [1.82, 2.24) is 15.0 Å². The summed E-state index contributed by atoms with van der Waals surface area (Å²) < 4.78 is 7.73. The zero-order valence-corrected chi connectivity index (χ0v) is 10.7. The Morgan fingerprint density at radius 3 is 3.13 bits per heavy atom. The van der Waals surface area contributed by atoms with Crippen molar-refractivity contribution in [3.63, 3.8) is 0 Å². The maximum Gasteiger partial charge on any atom is 0.228 e. The quantitative estimate of drug-likeness (QED) is 0.430. The average Bonchev–Trinajstić information content (AvgIpc) is 2.27. The van der Waals surface area contributed by atoms with Crippen LogP contribution in [-0.4, -0.2) is 46.9 Å². The fraction of sp³-hybridized carbons (Fsp3) is 1.00. The van der Waals surface area contributed by atoms with Crippen LogP contribution in [0, 0.1) is 0 Å². The summed E-state index contributed by atoms with van der Waals surface area (Å²) in [6, 6.07) is 0. The van der Waals surface area contributed by atoms with E-state index in [0.717, 1.165) is 30.9 Å². The van der Waals surface area contributed by atoms with Crippen LogP contribution >= 0.6 is 20.1 Å². The van der Waals surface area contributed by atoms with Crippen molar-refractivity contribution in [2.45, 2.75) is 19.8 Å². The summed E-state index contributed by atoms with van der Waals surface area (Å²) in [7, 11) is -1.06. The highest BCUT2D eigenvalue weighted by Crippen LogP contribution is 2.45. The SMILES string of the molecule is CCCN1CCCOP1N(O)NCCCl. The Labute approximate surface area is 97.2 Å². The molecule has 15 heavy (non-hydrogen) atoms. The molecule has 5 nitrogen and oxygen atoms in total. The Morgan fingerprint density at radius 2 is 2.47 bits per heavy atom. The third kappa shape index (κ3) is 4.49. The van der Waals surface area contributed by atoms with E-state index in [4.69, 9.17) is 16.1 Å². The van der Waals surface area contributed by atoms with Gasteiger partial charge in [0.1, 0.15) is 0 Å². The van der Waals surface area contributed by atoms with Crippen molar-refractivity contribution in [3.8, 4) is 0 Å². The van der Waals surface area contributed by atoms with Crippen LogP contribution in [0.25, 0.3) is 0 Å². The van der Waals surface area contributed by atoms with Crippen LogP contribution in [0.3, 0.4) is 0 Å². The molecule has 0 aromatic rings. The van der Waals surface area contributed by atoms with E-state index in [1.807, 2.05) is 0 Å². The van der Waals surface area contributed by atoms with Gasteiger partial charge in [-0.25, -0.2) is 10.1 Å². The first-order valence-electron chi connectivity index (χ1n) is 5.26. The van der Waals surface area contributed by atoms with Gasteiger partial charge in [0.05, 0.1) is 6.61 Å². The summed E-state index contributed by atoms with van der Waals surface area (Å²) in [6.07, 6.45) is 2.09. The summed E-state index contributed by atoms with van der Waals surface area (Å²) in [4.78, 5) is 1.08. The molecule has 1 aliphatic heterocycles. The van der Waals surface area contributed by atoms with Crippen LogP contribution in [0.5, 0.6) is 0 Å². The predicted octanol–water partition coefficient (Wildman–Crippen LogP) is 1.78. The van der Waals surface area contributed by atoms with Gasteiger partial charge in [-0.1, -0.05) is 11.9 Å². The number of alkyl halides is 1. The summed E-state index contributed by atoms with van der Waals surface area (Å²) in [5, 5.41) is 9.73. The van der Waals surface area contributed by atoms with Gasteiger partial charge in [0, 0.05) is 25.5 Å². The predicted molar refractivity (Wildman–Crippen MR) is 61.7 cm³/mol.